The lowest BCUT2D eigenvalue weighted by Crippen LogP contribution is -2.35. The van der Waals surface area contributed by atoms with Gasteiger partial charge in [-0.1, -0.05) is 11.6 Å². The summed E-state index contributed by atoms with van der Waals surface area (Å²) in [6.45, 7) is 7.31. The maximum absolute atomic E-state index is 6.03. The third-order valence-electron chi connectivity index (χ3n) is 2.33. The molecule has 16 heavy (non-hydrogen) atoms. The smallest absolute Gasteiger partial charge is 0.0410 e. The van der Waals surface area contributed by atoms with Crippen LogP contribution in [0.15, 0.2) is 18.2 Å². The Hall–Kier alpha value is -0.730. The van der Waals surface area contributed by atoms with Crippen LogP contribution in [0.25, 0.3) is 0 Å². The Labute approximate surface area is 104 Å². The molecule has 0 aliphatic rings. The van der Waals surface area contributed by atoms with Crippen LogP contribution in [-0.2, 0) is 6.54 Å². The van der Waals surface area contributed by atoms with E-state index in [0.717, 1.165) is 11.6 Å². The third kappa shape index (κ3) is 4.03. The molecule has 3 heteroatoms. The van der Waals surface area contributed by atoms with Gasteiger partial charge in [-0.15, -0.1) is 0 Å². The Morgan fingerprint density at radius 1 is 1.25 bits per heavy atom. The SMILES string of the molecule is CN(C)c1ccc(Cl)cc1CNC(C)(C)C. The largest absolute Gasteiger partial charge is 0.377 e. The molecule has 0 radical (unpaired) electrons. The molecule has 0 saturated carbocycles. The molecule has 0 atom stereocenters. The highest BCUT2D eigenvalue weighted by Gasteiger charge is 2.11. The highest BCUT2D eigenvalue weighted by atomic mass is 35.5. The molecule has 1 aromatic carbocycles. The van der Waals surface area contributed by atoms with Crippen LogP contribution in [0.4, 0.5) is 5.69 Å². The monoisotopic (exact) mass is 240 g/mol. The van der Waals surface area contributed by atoms with Crippen molar-refractivity contribution in [3.05, 3.63) is 28.8 Å². The van der Waals surface area contributed by atoms with Gasteiger partial charge in [0.1, 0.15) is 0 Å². The average Bonchev–Trinajstić information content (AvgIpc) is 2.13. The Bertz CT molecular complexity index is 353. The molecule has 1 aromatic rings. The molecule has 2 nitrogen and oxygen atoms in total. The van der Waals surface area contributed by atoms with Gasteiger partial charge in [0.05, 0.1) is 0 Å². The van der Waals surface area contributed by atoms with Gasteiger partial charge < -0.3 is 10.2 Å². The van der Waals surface area contributed by atoms with Gasteiger partial charge in [-0.05, 0) is 44.5 Å². The van der Waals surface area contributed by atoms with E-state index in [9.17, 15) is 0 Å². The van der Waals surface area contributed by atoms with Crippen molar-refractivity contribution in [2.75, 3.05) is 19.0 Å². The number of nitrogens with one attached hydrogen (secondary N) is 1. The quantitative estimate of drug-likeness (QED) is 0.872. The minimum absolute atomic E-state index is 0.117. The molecule has 0 aromatic heterocycles. The van der Waals surface area contributed by atoms with Gasteiger partial charge >= 0.3 is 0 Å². The van der Waals surface area contributed by atoms with Crippen molar-refractivity contribution in [2.24, 2.45) is 0 Å². The molecule has 0 aliphatic heterocycles. The van der Waals surface area contributed by atoms with Crippen molar-refractivity contribution < 1.29 is 0 Å². The molecule has 0 amide bonds. The maximum Gasteiger partial charge on any atom is 0.0410 e. The fourth-order valence-electron chi connectivity index (χ4n) is 1.49. The number of halogens is 1. The van der Waals surface area contributed by atoms with Crippen LogP contribution in [0.3, 0.4) is 0 Å². The summed E-state index contributed by atoms with van der Waals surface area (Å²) in [6, 6.07) is 6.01. The second-order valence-corrected chi connectivity index (χ2v) is 5.71. The van der Waals surface area contributed by atoms with E-state index in [1.807, 2.05) is 26.2 Å². The van der Waals surface area contributed by atoms with E-state index in [4.69, 9.17) is 11.6 Å². The Morgan fingerprint density at radius 3 is 2.38 bits per heavy atom. The van der Waals surface area contributed by atoms with Gasteiger partial charge in [0.25, 0.3) is 0 Å². The Kier molecular flexibility index (Phi) is 4.22. The second kappa shape index (κ2) is 5.07. The summed E-state index contributed by atoms with van der Waals surface area (Å²) in [4.78, 5) is 2.11. The van der Waals surface area contributed by atoms with E-state index in [2.05, 4.69) is 37.1 Å². The average molecular weight is 241 g/mol. The first-order chi connectivity index (χ1) is 7.29. The molecule has 0 fully saturated rings. The Balaban J connectivity index is 2.88. The maximum atomic E-state index is 6.03. The third-order valence-corrected chi connectivity index (χ3v) is 2.57. The predicted octanol–water partition coefficient (Wildman–Crippen LogP) is 3.29. The summed E-state index contributed by atoms with van der Waals surface area (Å²) in [7, 11) is 4.09. The van der Waals surface area contributed by atoms with Crippen molar-refractivity contribution in [3.8, 4) is 0 Å². The number of benzene rings is 1. The van der Waals surface area contributed by atoms with Crippen LogP contribution in [0.5, 0.6) is 0 Å². The van der Waals surface area contributed by atoms with E-state index in [0.29, 0.717) is 0 Å². The number of anilines is 1. The van der Waals surface area contributed by atoms with Gasteiger partial charge in [-0.2, -0.15) is 0 Å². The fraction of sp³-hybridized carbons (Fsp3) is 0.538. The normalized spacial score (nSPS) is 11.6. The van der Waals surface area contributed by atoms with Crippen molar-refractivity contribution in [2.45, 2.75) is 32.9 Å². The molecule has 0 saturated heterocycles. The molecular formula is C13H21ClN2. The van der Waals surface area contributed by atoms with E-state index >= 15 is 0 Å². The first kappa shape index (κ1) is 13.3. The lowest BCUT2D eigenvalue weighted by atomic mass is 10.1. The number of hydrogen-bond acceptors (Lipinski definition) is 2. The molecular weight excluding hydrogens is 220 g/mol. The van der Waals surface area contributed by atoms with Crippen LogP contribution in [0, 0.1) is 0 Å². The van der Waals surface area contributed by atoms with Crippen LogP contribution in [-0.4, -0.2) is 19.6 Å². The molecule has 1 rings (SSSR count). The first-order valence-electron chi connectivity index (χ1n) is 5.50. The predicted molar refractivity (Wildman–Crippen MR) is 72.4 cm³/mol. The van der Waals surface area contributed by atoms with E-state index in [1.165, 1.54) is 11.3 Å². The summed E-state index contributed by atoms with van der Waals surface area (Å²) in [5, 5.41) is 4.26. The number of hydrogen-bond donors (Lipinski definition) is 1. The minimum Gasteiger partial charge on any atom is -0.377 e. The van der Waals surface area contributed by atoms with E-state index in [1.54, 1.807) is 0 Å². The highest BCUT2D eigenvalue weighted by molar-refractivity contribution is 6.30. The van der Waals surface area contributed by atoms with Crippen LogP contribution in [0.1, 0.15) is 26.3 Å². The molecule has 1 N–H and O–H groups in total. The fourth-order valence-corrected chi connectivity index (χ4v) is 1.69. The highest BCUT2D eigenvalue weighted by Crippen LogP contribution is 2.23. The van der Waals surface area contributed by atoms with Crippen LogP contribution < -0.4 is 10.2 Å². The second-order valence-electron chi connectivity index (χ2n) is 5.27. The summed E-state index contributed by atoms with van der Waals surface area (Å²) in [5.41, 5.74) is 2.56. The zero-order valence-electron chi connectivity index (χ0n) is 10.8. The first-order valence-corrected chi connectivity index (χ1v) is 5.88. The summed E-state index contributed by atoms with van der Waals surface area (Å²) < 4.78 is 0. The van der Waals surface area contributed by atoms with Crippen LogP contribution >= 0.6 is 11.6 Å². The molecule has 0 spiro atoms. The van der Waals surface area contributed by atoms with Crippen molar-refractivity contribution in [3.63, 3.8) is 0 Å². The topological polar surface area (TPSA) is 15.3 Å². The van der Waals surface area contributed by atoms with Gasteiger partial charge in [-0.3, -0.25) is 0 Å². The molecule has 0 heterocycles. The van der Waals surface area contributed by atoms with Gasteiger partial charge in [0.15, 0.2) is 0 Å². The number of nitrogens with zero attached hydrogens (tertiary/aromatic N) is 1. The number of rotatable bonds is 3. The Morgan fingerprint density at radius 2 is 1.88 bits per heavy atom. The van der Waals surface area contributed by atoms with Crippen LogP contribution in [0.2, 0.25) is 5.02 Å². The standard InChI is InChI=1S/C13H21ClN2/c1-13(2,3)15-9-10-8-11(14)6-7-12(10)16(4)5/h6-8,15H,9H2,1-5H3. The van der Waals surface area contributed by atoms with E-state index < -0.39 is 0 Å². The molecule has 0 aliphatic carbocycles. The van der Waals surface area contributed by atoms with Gasteiger partial charge in [0, 0.05) is 36.9 Å². The molecule has 90 valence electrons. The molecule has 0 unspecified atom stereocenters. The van der Waals surface area contributed by atoms with Crippen molar-refractivity contribution in [1.82, 2.24) is 5.32 Å². The zero-order chi connectivity index (χ0) is 12.3. The lowest BCUT2D eigenvalue weighted by Gasteiger charge is -2.23. The zero-order valence-corrected chi connectivity index (χ0v) is 11.5. The summed E-state index contributed by atoms with van der Waals surface area (Å²) >= 11 is 6.03. The summed E-state index contributed by atoms with van der Waals surface area (Å²) in [5.74, 6) is 0. The van der Waals surface area contributed by atoms with Crippen molar-refractivity contribution in [1.29, 1.82) is 0 Å². The van der Waals surface area contributed by atoms with Gasteiger partial charge in [0.2, 0.25) is 0 Å². The molecule has 0 bridgehead atoms. The lowest BCUT2D eigenvalue weighted by molar-refractivity contribution is 0.424. The van der Waals surface area contributed by atoms with Gasteiger partial charge in [-0.25, -0.2) is 0 Å². The van der Waals surface area contributed by atoms with E-state index in [-0.39, 0.29) is 5.54 Å². The summed E-state index contributed by atoms with van der Waals surface area (Å²) in [6.07, 6.45) is 0. The minimum atomic E-state index is 0.117. The van der Waals surface area contributed by atoms with Crippen molar-refractivity contribution >= 4 is 17.3 Å².